The zero-order valence-corrected chi connectivity index (χ0v) is 50.4. The van der Waals surface area contributed by atoms with E-state index in [0.29, 0.717) is 65.9 Å². The molecule has 5 heterocycles. The number of hydrogen-bond acceptors (Lipinski definition) is 5. The van der Waals surface area contributed by atoms with Crippen molar-refractivity contribution < 1.29 is 29.4 Å². The lowest BCUT2D eigenvalue weighted by molar-refractivity contribution is 0.672. The van der Waals surface area contributed by atoms with Gasteiger partial charge in [0.15, 0.2) is 23.2 Å². The quantitative estimate of drug-likeness (QED) is 0.128. The molecule has 19 aromatic rings. The SMILES string of the molecule is [2H]c1c([2H])c([2H])c(-c2nc(-c3cc([N+]#[C-])c(-c4c([2H])c([2H])c([2H])c([2H])c4[2H])c(-n4c5ccc(-c6ccccc6)cc5c5c6oc7ccc(-c8ccccc8)cc7c6ccc54)c3-n3c4ccc(-c5ccccc5)cc4c4c5oc6ccc(-c7ccccc7)cc6c5ccc43)nc(-c3c([2H])c([2H])c([2H])c([2H])c3[2H])n2)c([2H])c1[2H]. The first-order chi connectivity index (χ1) is 53.8. The van der Waals surface area contributed by atoms with Gasteiger partial charge in [-0.25, -0.2) is 19.8 Å². The average Bonchev–Trinajstić information content (AvgIpc) is 1.56. The van der Waals surface area contributed by atoms with Gasteiger partial charge < -0.3 is 18.0 Å². The second-order valence-corrected chi connectivity index (χ2v) is 23.3. The highest BCUT2D eigenvalue weighted by molar-refractivity contribution is 6.27. The van der Waals surface area contributed by atoms with Crippen molar-refractivity contribution in [2.75, 3.05) is 0 Å². The molecule has 0 N–H and O–H groups in total. The van der Waals surface area contributed by atoms with Gasteiger partial charge in [-0.2, -0.15) is 0 Å². The third kappa shape index (κ3) is 8.72. The molecule has 96 heavy (non-hydrogen) atoms. The molecule has 5 aromatic heterocycles. The molecule has 0 fully saturated rings. The first-order valence-electron chi connectivity index (χ1n) is 38.4. The molecule has 8 nitrogen and oxygen atoms in total. The Bertz CT molecular complexity index is 7170. The fraction of sp³-hybridized carbons (Fsp3) is 0. The van der Waals surface area contributed by atoms with E-state index < -0.39 is 119 Å². The summed E-state index contributed by atoms with van der Waals surface area (Å²) < 4.78 is 158. The van der Waals surface area contributed by atoms with Gasteiger partial charge in [0.25, 0.3) is 0 Å². The zero-order chi connectivity index (χ0) is 76.4. The van der Waals surface area contributed by atoms with E-state index >= 15 is 0 Å². The van der Waals surface area contributed by atoms with Crippen molar-refractivity contribution in [2.45, 2.75) is 0 Å². The minimum Gasteiger partial charge on any atom is -0.455 e. The van der Waals surface area contributed by atoms with Crippen molar-refractivity contribution in [1.82, 2.24) is 24.1 Å². The summed E-state index contributed by atoms with van der Waals surface area (Å²) in [5.41, 5.74) is 8.75. The molecule has 0 aliphatic rings. The zero-order valence-electron chi connectivity index (χ0n) is 65.4. The number of rotatable bonds is 10. The lowest BCUT2D eigenvalue weighted by atomic mass is 9.95. The molecule has 0 amide bonds. The van der Waals surface area contributed by atoms with E-state index in [-0.39, 0.29) is 33.8 Å². The van der Waals surface area contributed by atoms with E-state index in [4.69, 9.17) is 33.4 Å². The Kier molecular flexibility index (Phi) is 9.46. The molecular formula is C88H52N6O2. The normalized spacial score (nSPS) is 13.9. The van der Waals surface area contributed by atoms with Crippen LogP contribution in [0.2, 0.25) is 0 Å². The maximum absolute atomic E-state index is 10.1. The van der Waals surface area contributed by atoms with Gasteiger partial charge in [0.1, 0.15) is 22.3 Å². The number of aromatic nitrogens is 5. The van der Waals surface area contributed by atoms with Gasteiger partial charge in [0, 0.05) is 54.6 Å². The van der Waals surface area contributed by atoms with Crippen LogP contribution >= 0.6 is 0 Å². The van der Waals surface area contributed by atoms with Crippen LogP contribution in [0.5, 0.6) is 0 Å². The average molecular weight is 1240 g/mol. The van der Waals surface area contributed by atoms with Crippen LogP contribution in [0.3, 0.4) is 0 Å². The summed E-state index contributed by atoms with van der Waals surface area (Å²) in [7, 11) is 0. The van der Waals surface area contributed by atoms with E-state index in [1.807, 2.05) is 215 Å². The van der Waals surface area contributed by atoms with E-state index in [9.17, 15) is 17.5 Å². The first kappa shape index (κ1) is 41.3. The molecule has 19 rings (SSSR count). The predicted molar refractivity (Wildman–Crippen MR) is 393 cm³/mol. The number of furan rings is 2. The van der Waals surface area contributed by atoms with Crippen molar-refractivity contribution in [3.63, 3.8) is 0 Å². The second kappa shape index (κ2) is 22.0. The molecule has 0 radical (unpaired) electrons. The fourth-order valence-corrected chi connectivity index (χ4v) is 13.8. The van der Waals surface area contributed by atoms with Crippen molar-refractivity contribution in [1.29, 1.82) is 0 Å². The molecule has 0 spiro atoms. The van der Waals surface area contributed by atoms with Gasteiger partial charge in [-0.15, -0.1) is 0 Å². The van der Waals surface area contributed by atoms with Gasteiger partial charge in [0.05, 0.1) is 71.3 Å². The largest absolute Gasteiger partial charge is 0.455 e. The molecule has 0 saturated heterocycles. The molecule has 0 unspecified atom stereocenters. The van der Waals surface area contributed by atoms with Gasteiger partial charge in [-0.3, -0.25) is 0 Å². The number of benzene rings is 14. The number of nitrogens with zero attached hydrogens (tertiary/aromatic N) is 6. The molecule has 14 aromatic carbocycles. The lowest BCUT2D eigenvalue weighted by Crippen LogP contribution is -2.10. The van der Waals surface area contributed by atoms with Gasteiger partial charge in [0.2, 0.25) is 0 Å². The Balaban J connectivity index is 1.07. The Hall–Kier alpha value is -13.2. The van der Waals surface area contributed by atoms with Gasteiger partial charge in [-0.1, -0.05) is 236 Å². The van der Waals surface area contributed by atoms with Crippen molar-refractivity contribution in [3.05, 3.63) is 327 Å². The molecule has 8 heteroatoms. The Labute approximate surface area is 572 Å². The highest BCUT2D eigenvalue weighted by Gasteiger charge is 2.32. The van der Waals surface area contributed by atoms with Crippen molar-refractivity contribution in [3.8, 4) is 101 Å². The van der Waals surface area contributed by atoms with Crippen molar-refractivity contribution in [2.24, 2.45) is 0 Å². The van der Waals surface area contributed by atoms with Crippen LogP contribution < -0.4 is 0 Å². The van der Waals surface area contributed by atoms with Crippen LogP contribution in [0.1, 0.15) is 20.6 Å². The van der Waals surface area contributed by atoms with Crippen LogP contribution in [0, 0.1) is 6.57 Å². The van der Waals surface area contributed by atoms with Gasteiger partial charge >= 0.3 is 0 Å². The highest BCUT2D eigenvalue weighted by Crippen LogP contribution is 2.53. The lowest BCUT2D eigenvalue weighted by Gasteiger charge is -2.25. The molecule has 446 valence electrons. The number of fused-ring (bicyclic) bond motifs is 14. The molecule has 0 atom stereocenters. The molecule has 0 aliphatic heterocycles. The first-order valence-corrected chi connectivity index (χ1v) is 30.9. The predicted octanol–water partition coefficient (Wildman–Crippen LogP) is 23.8. The Morgan fingerprint density at radius 1 is 0.312 bits per heavy atom. The summed E-state index contributed by atoms with van der Waals surface area (Å²) >= 11 is 0. The summed E-state index contributed by atoms with van der Waals surface area (Å²) in [6.07, 6.45) is 0. The van der Waals surface area contributed by atoms with E-state index in [0.717, 1.165) is 66.1 Å². The monoisotopic (exact) mass is 1240 g/mol. The van der Waals surface area contributed by atoms with Gasteiger partial charge in [-0.05, 0) is 129 Å². The van der Waals surface area contributed by atoms with Crippen LogP contribution in [0.25, 0.3) is 194 Å². The summed E-state index contributed by atoms with van der Waals surface area (Å²) in [6.45, 7) is 9.59. The third-order valence-electron chi connectivity index (χ3n) is 18.1. The maximum atomic E-state index is 10.1. The van der Waals surface area contributed by atoms with E-state index in [1.54, 1.807) is 0 Å². The van der Waals surface area contributed by atoms with Crippen LogP contribution in [0.4, 0.5) is 5.69 Å². The third-order valence-corrected chi connectivity index (χ3v) is 18.1. The Morgan fingerprint density at radius 3 is 1.09 bits per heavy atom. The summed E-state index contributed by atoms with van der Waals surface area (Å²) in [6, 6.07) is 61.2. The van der Waals surface area contributed by atoms with E-state index in [2.05, 4.69) is 17.0 Å². The van der Waals surface area contributed by atoms with Crippen LogP contribution in [-0.4, -0.2) is 24.1 Å². The standard InChI is InChI=1S/C88H52N6O2/c1-89-72-53-71(88-91-86(59-33-19-7-20-34-59)90-87(92-88)60-35-21-8-22-36-60)82(93-73-43-37-61(54-23-9-2-10-24-54)51-69(73)80-75(93)45-41-65-67-49-63(56-27-13-4-14-28-56)39-47-77(67)95-84(65)80)83(79(72)58-31-17-6-18-32-58)94-74-44-38-62(55-25-11-3-12-26-55)52-70(74)81-76(94)46-42-66-68-50-64(57-29-15-5-16-30-57)40-48-78(68)96-85(66)81/h2-53H/i6D,7D,8D,17D,18D,19D,20D,21D,22D,31D,32D,33D,34D,35D,36D. The molecule has 0 saturated carbocycles. The number of hydrogen-bond donors (Lipinski definition) is 0. The minimum absolute atomic E-state index is 0.0106. The maximum Gasteiger partial charge on any atom is 0.197 e. The van der Waals surface area contributed by atoms with Crippen LogP contribution in [0.15, 0.2) is 324 Å². The fourth-order valence-electron chi connectivity index (χ4n) is 13.8. The second-order valence-electron chi connectivity index (χ2n) is 23.3. The molecule has 0 aliphatic carbocycles. The summed E-state index contributed by atoms with van der Waals surface area (Å²) in [5.74, 6) is -1.66. The summed E-state index contributed by atoms with van der Waals surface area (Å²) in [4.78, 5) is 19.3. The van der Waals surface area contributed by atoms with Crippen LogP contribution in [-0.2, 0) is 0 Å². The molecular weight excluding hydrogens is 1170 g/mol. The summed E-state index contributed by atoms with van der Waals surface area (Å²) in [5, 5.41) is 5.38. The topological polar surface area (TPSA) is 79.2 Å². The smallest absolute Gasteiger partial charge is 0.197 e. The minimum atomic E-state index is -0.774. The molecule has 0 bridgehead atoms. The van der Waals surface area contributed by atoms with E-state index in [1.165, 1.54) is 6.07 Å². The van der Waals surface area contributed by atoms with Crippen molar-refractivity contribution >= 4 is 93.2 Å². The highest BCUT2D eigenvalue weighted by atomic mass is 16.3. The Morgan fingerprint density at radius 2 is 0.677 bits per heavy atom.